The van der Waals surface area contributed by atoms with Crippen LogP contribution < -0.4 is 0 Å². The molecule has 4 unspecified atom stereocenters. The lowest BCUT2D eigenvalue weighted by Gasteiger charge is -2.13. The molecule has 4 atom stereocenters. The fourth-order valence-corrected chi connectivity index (χ4v) is 4.50. The van der Waals surface area contributed by atoms with Gasteiger partial charge in [0.05, 0.1) is 30.6 Å². The van der Waals surface area contributed by atoms with Crippen molar-refractivity contribution < 1.29 is 9.84 Å². The molecule has 0 bridgehead atoms. The number of aromatic nitrogens is 3. The highest BCUT2D eigenvalue weighted by atomic mass is 16.5. The summed E-state index contributed by atoms with van der Waals surface area (Å²) in [4.78, 5) is 0. The second-order valence-corrected chi connectivity index (χ2v) is 7.63. The molecule has 0 radical (unpaired) electrons. The van der Waals surface area contributed by atoms with Crippen molar-refractivity contribution >= 4 is 0 Å². The van der Waals surface area contributed by atoms with Gasteiger partial charge in [-0.05, 0) is 62.7 Å². The lowest BCUT2D eigenvalue weighted by atomic mass is 10.0. The van der Waals surface area contributed by atoms with Crippen molar-refractivity contribution in [2.24, 2.45) is 23.7 Å². The van der Waals surface area contributed by atoms with Crippen molar-refractivity contribution in [1.82, 2.24) is 15.0 Å². The zero-order valence-corrected chi connectivity index (χ0v) is 14.7. The van der Waals surface area contributed by atoms with Crippen LogP contribution >= 0.6 is 0 Å². The Balaban J connectivity index is 1.56. The molecule has 3 rings (SSSR count). The number of aryl methyl sites for hydroxylation is 1. The van der Waals surface area contributed by atoms with Gasteiger partial charge in [0.25, 0.3) is 0 Å². The Bertz CT molecular complexity index is 514. The summed E-state index contributed by atoms with van der Waals surface area (Å²) in [5, 5.41) is 17.7. The molecule has 0 amide bonds. The highest BCUT2D eigenvalue weighted by molar-refractivity contribution is 5.15. The number of rotatable bonds is 7. The number of aliphatic hydroxyl groups is 1. The first-order valence-corrected chi connectivity index (χ1v) is 9.25. The van der Waals surface area contributed by atoms with Crippen molar-refractivity contribution in [3.8, 4) is 0 Å². The minimum absolute atomic E-state index is 0.101. The molecule has 2 aliphatic rings. The normalized spacial score (nSPS) is 28.0. The second kappa shape index (κ2) is 7.31. The lowest BCUT2D eigenvalue weighted by molar-refractivity contribution is 0.0413. The first kappa shape index (κ1) is 16.9. The van der Waals surface area contributed by atoms with Crippen molar-refractivity contribution in [3.05, 3.63) is 11.4 Å². The largest absolute Gasteiger partial charge is 0.396 e. The van der Waals surface area contributed by atoms with Crippen LogP contribution in [0.25, 0.3) is 0 Å². The molecule has 5 heteroatoms. The molecule has 5 nitrogen and oxygen atoms in total. The fraction of sp³-hybridized carbons (Fsp3) is 0.889. The van der Waals surface area contributed by atoms with E-state index in [0.29, 0.717) is 13.0 Å². The second-order valence-electron chi connectivity index (χ2n) is 7.63. The van der Waals surface area contributed by atoms with Gasteiger partial charge in [-0.3, -0.25) is 0 Å². The minimum atomic E-state index is 0.101. The number of hydrogen-bond donors (Lipinski definition) is 1. The van der Waals surface area contributed by atoms with Crippen molar-refractivity contribution in [3.63, 3.8) is 0 Å². The third-order valence-corrected chi connectivity index (χ3v) is 5.76. The van der Waals surface area contributed by atoms with E-state index in [4.69, 9.17) is 9.84 Å². The van der Waals surface area contributed by atoms with Crippen molar-refractivity contribution in [2.45, 2.75) is 65.5 Å². The van der Waals surface area contributed by atoms with Gasteiger partial charge in [0.15, 0.2) is 0 Å². The number of hydrogen-bond acceptors (Lipinski definition) is 4. The predicted molar refractivity (Wildman–Crippen MR) is 89.1 cm³/mol. The molecule has 1 heterocycles. The highest BCUT2D eigenvalue weighted by Gasteiger charge is 2.50. The van der Waals surface area contributed by atoms with Crippen LogP contribution in [0.2, 0.25) is 0 Å². The molecule has 0 spiro atoms. The van der Waals surface area contributed by atoms with Crippen LogP contribution in [0.5, 0.6) is 0 Å². The quantitative estimate of drug-likeness (QED) is 0.838. The zero-order valence-electron chi connectivity index (χ0n) is 14.7. The van der Waals surface area contributed by atoms with E-state index < -0.39 is 0 Å². The Labute approximate surface area is 139 Å². The third kappa shape index (κ3) is 3.77. The lowest BCUT2D eigenvalue weighted by Crippen LogP contribution is -2.17. The van der Waals surface area contributed by atoms with Gasteiger partial charge in [0.1, 0.15) is 0 Å². The Morgan fingerprint density at radius 1 is 1.22 bits per heavy atom. The van der Waals surface area contributed by atoms with Gasteiger partial charge in [-0.2, -0.15) is 0 Å². The minimum Gasteiger partial charge on any atom is -0.396 e. The van der Waals surface area contributed by atoms with E-state index in [2.05, 4.69) is 24.2 Å². The van der Waals surface area contributed by atoms with E-state index >= 15 is 0 Å². The maximum atomic E-state index is 8.92. The molecule has 2 aliphatic carbocycles. The summed E-state index contributed by atoms with van der Waals surface area (Å²) >= 11 is 0. The first-order chi connectivity index (χ1) is 11.1. The Kier molecular flexibility index (Phi) is 5.37. The molecule has 130 valence electrons. The molecule has 0 aliphatic heterocycles. The van der Waals surface area contributed by atoms with E-state index in [1.54, 1.807) is 0 Å². The summed E-state index contributed by atoms with van der Waals surface area (Å²) in [6, 6.07) is 0. The summed E-state index contributed by atoms with van der Waals surface area (Å²) < 4.78 is 7.78. The predicted octanol–water partition coefficient (Wildman–Crippen LogP) is 2.46. The smallest absolute Gasteiger partial charge is 0.0859 e. The van der Waals surface area contributed by atoms with E-state index in [1.165, 1.54) is 24.2 Å². The summed E-state index contributed by atoms with van der Waals surface area (Å²) in [5.41, 5.74) is 2.54. The van der Waals surface area contributed by atoms with Crippen molar-refractivity contribution in [1.29, 1.82) is 0 Å². The van der Waals surface area contributed by atoms with Gasteiger partial charge in [0.2, 0.25) is 0 Å². The van der Waals surface area contributed by atoms with Crippen LogP contribution in [0.15, 0.2) is 0 Å². The molecular formula is C18H31N3O2. The maximum absolute atomic E-state index is 8.92. The molecule has 1 N–H and O–H groups in total. The van der Waals surface area contributed by atoms with Crippen LogP contribution in [0, 0.1) is 23.7 Å². The molecule has 23 heavy (non-hydrogen) atoms. The monoisotopic (exact) mass is 321 g/mol. The van der Waals surface area contributed by atoms with Crippen LogP contribution in [-0.2, 0) is 24.1 Å². The average molecular weight is 321 g/mol. The highest BCUT2D eigenvalue weighted by Crippen LogP contribution is 2.56. The zero-order chi connectivity index (χ0) is 16.4. The van der Waals surface area contributed by atoms with Gasteiger partial charge in [0, 0.05) is 6.61 Å². The number of ether oxygens (including phenoxy) is 1. The standard InChI is InChI=1S/C18H31N3O2/c1-12(2)18-14-4-6-16-17(7-5-15(14)18)21(20-19-16)9-11-23-13(3)8-10-22/h12-15,18,22H,4-11H2,1-3H3. The Morgan fingerprint density at radius 2 is 1.96 bits per heavy atom. The van der Waals surface area contributed by atoms with Crippen LogP contribution in [0.4, 0.5) is 0 Å². The van der Waals surface area contributed by atoms with E-state index in [0.717, 1.165) is 43.1 Å². The van der Waals surface area contributed by atoms with Gasteiger partial charge in [-0.25, -0.2) is 4.68 Å². The molecule has 0 saturated heterocycles. The van der Waals surface area contributed by atoms with Gasteiger partial charge in [-0.15, -0.1) is 5.10 Å². The Morgan fingerprint density at radius 3 is 2.65 bits per heavy atom. The molecule has 0 aromatic carbocycles. The van der Waals surface area contributed by atoms with E-state index in [9.17, 15) is 0 Å². The number of aliphatic hydroxyl groups excluding tert-OH is 1. The first-order valence-electron chi connectivity index (χ1n) is 9.25. The topological polar surface area (TPSA) is 60.2 Å². The summed E-state index contributed by atoms with van der Waals surface area (Å²) in [6.07, 6.45) is 5.55. The number of fused-ring (bicyclic) bond motifs is 2. The Hall–Kier alpha value is -0.940. The molecule has 1 fully saturated rings. The summed E-state index contributed by atoms with van der Waals surface area (Å²) in [6.45, 7) is 8.32. The van der Waals surface area contributed by atoms with Crippen LogP contribution in [-0.4, -0.2) is 39.4 Å². The molecule has 1 aromatic rings. The van der Waals surface area contributed by atoms with E-state index in [-0.39, 0.29) is 12.7 Å². The summed E-state index contributed by atoms with van der Waals surface area (Å²) in [5.74, 6) is 3.60. The SMILES string of the molecule is CC(CCO)OCCn1nnc2c1CCC1C(CC2)C1C(C)C. The molecule has 1 saturated carbocycles. The fourth-order valence-electron chi connectivity index (χ4n) is 4.50. The maximum Gasteiger partial charge on any atom is 0.0859 e. The van der Waals surface area contributed by atoms with Crippen molar-refractivity contribution in [2.75, 3.05) is 13.2 Å². The summed E-state index contributed by atoms with van der Waals surface area (Å²) in [7, 11) is 0. The molecule has 1 aromatic heterocycles. The van der Waals surface area contributed by atoms with E-state index in [1.807, 2.05) is 11.6 Å². The van der Waals surface area contributed by atoms with Crippen LogP contribution in [0.3, 0.4) is 0 Å². The molecular weight excluding hydrogens is 290 g/mol. The van der Waals surface area contributed by atoms with Crippen LogP contribution in [0.1, 0.15) is 51.4 Å². The number of nitrogens with zero attached hydrogens (tertiary/aromatic N) is 3. The average Bonchev–Trinajstić information content (AvgIpc) is 3.05. The third-order valence-electron chi connectivity index (χ3n) is 5.76. The van der Waals surface area contributed by atoms with Gasteiger partial charge < -0.3 is 9.84 Å². The van der Waals surface area contributed by atoms with Gasteiger partial charge >= 0.3 is 0 Å². The van der Waals surface area contributed by atoms with Gasteiger partial charge in [-0.1, -0.05) is 19.1 Å².